The second kappa shape index (κ2) is 11.0. The van der Waals surface area contributed by atoms with Crippen LogP contribution in [0.5, 0.6) is 5.75 Å². The third-order valence-electron chi connectivity index (χ3n) is 9.28. The third-order valence-corrected chi connectivity index (χ3v) is 9.28. The quantitative estimate of drug-likeness (QED) is 0.499. The molecule has 0 saturated carbocycles. The largest absolute Gasteiger partial charge is 0.494 e. The Morgan fingerprint density at radius 1 is 0.907 bits per heavy atom. The van der Waals surface area contributed by atoms with Crippen LogP contribution in [0.1, 0.15) is 31.4 Å². The van der Waals surface area contributed by atoms with Gasteiger partial charge in [0.2, 0.25) is 11.8 Å². The van der Waals surface area contributed by atoms with Gasteiger partial charge in [-0.2, -0.15) is 0 Å². The number of likely N-dealkylation sites (tertiary alicyclic amines) is 1. The number of ether oxygens (including phenoxy) is 2. The average molecular weight is 586 g/mol. The summed E-state index contributed by atoms with van der Waals surface area (Å²) in [5, 5.41) is 9.70. The number of anilines is 2. The highest BCUT2D eigenvalue weighted by atomic mass is 16.5. The summed E-state index contributed by atoms with van der Waals surface area (Å²) >= 11 is 0. The lowest BCUT2D eigenvalue weighted by atomic mass is 9.74. The summed E-state index contributed by atoms with van der Waals surface area (Å²) in [5.41, 5.74) is 0.940. The number of amides is 3. The highest BCUT2D eigenvalue weighted by Crippen LogP contribution is 2.57. The Balaban J connectivity index is 1.44. The van der Waals surface area contributed by atoms with Crippen molar-refractivity contribution in [1.29, 1.82) is 0 Å². The fraction of sp³-hybridized carbons (Fsp3) is 0.441. The molecule has 2 aromatic rings. The normalized spacial score (nSPS) is 29.8. The number of rotatable bonds is 7. The summed E-state index contributed by atoms with van der Waals surface area (Å²) < 4.78 is 12.5. The van der Waals surface area contributed by atoms with Gasteiger partial charge in [-0.15, -0.1) is 0 Å². The number of aliphatic hydroxyl groups excluding tert-OH is 1. The van der Waals surface area contributed by atoms with Gasteiger partial charge in [-0.05, 0) is 69.5 Å². The Bertz CT molecular complexity index is 1480. The first kappa shape index (κ1) is 29.1. The molecule has 2 saturated heterocycles. The van der Waals surface area contributed by atoms with Crippen molar-refractivity contribution in [2.45, 2.75) is 51.4 Å². The monoisotopic (exact) mass is 585 g/mol. The molecule has 0 aromatic heterocycles. The van der Waals surface area contributed by atoms with Crippen molar-refractivity contribution in [3.63, 3.8) is 0 Å². The molecular weight excluding hydrogens is 546 g/mol. The summed E-state index contributed by atoms with van der Waals surface area (Å²) in [4.78, 5) is 48.6. The Morgan fingerprint density at radius 2 is 1.58 bits per heavy atom. The lowest BCUT2D eigenvalue weighted by Gasteiger charge is -2.38. The van der Waals surface area contributed by atoms with Crippen LogP contribution in [0.25, 0.3) is 0 Å². The minimum Gasteiger partial charge on any atom is -0.494 e. The second-order valence-electron chi connectivity index (χ2n) is 12.0. The summed E-state index contributed by atoms with van der Waals surface area (Å²) in [7, 11) is 0. The minimum absolute atomic E-state index is 0.131. The van der Waals surface area contributed by atoms with Gasteiger partial charge in [-0.25, -0.2) is 0 Å². The van der Waals surface area contributed by atoms with Crippen LogP contribution in [0.15, 0.2) is 66.8 Å². The van der Waals surface area contributed by atoms with Crippen LogP contribution < -0.4 is 14.5 Å². The van der Waals surface area contributed by atoms with Crippen molar-refractivity contribution in [3.8, 4) is 5.75 Å². The van der Waals surface area contributed by atoms with E-state index in [1.807, 2.05) is 94.5 Å². The molecule has 9 heteroatoms. The summed E-state index contributed by atoms with van der Waals surface area (Å²) in [5.74, 6) is -1.86. The van der Waals surface area contributed by atoms with Gasteiger partial charge in [0.05, 0.1) is 24.0 Å². The number of carbonyl (C=O) groups is 3. The first-order chi connectivity index (χ1) is 20.7. The van der Waals surface area contributed by atoms with Gasteiger partial charge in [-0.1, -0.05) is 42.5 Å². The van der Waals surface area contributed by atoms with E-state index in [-0.39, 0.29) is 30.9 Å². The number of para-hydroxylation sites is 1. The molecule has 1 spiro atoms. The fourth-order valence-corrected chi connectivity index (χ4v) is 7.56. The number of aliphatic hydroxyl groups is 1. The molecule has 1 N–H and O–H groups in total. The molecule has 6 rings (SSSR count). The zero-order chi connectivity index (χ0) is 30.5. The minimum atomic E-state index is -1.35. The molecule has 0 aliphatic carbocycles. The Morgan fingerprint density at radius 3 is 2.26 bits per heavy atom. The average Bonchev–Trinajstić information content (AvgIpc) is 3.24. The number of nitrogens with zero attached hydrogens (tertiary/aromatic N) is 3. The van der Waals surface area contributed by atoms with Crippen molar-refractivity contribution in [2.75, 3.05) is 42.6 Å². The topological polar surface area (TPSA) is 99.6 Å². The molecule has 43 heavy (non-hydrogen) atoms. The van der Waals surface area contributed by atoms with E-state index in [1.54, 1.807) is 14.7 Å². The second-order valence-corrected chi connectivity index (χ2v) is 12.0. The molecule has 2 aromatic carbocycles. The molecule has 3 amide bonds. The van der Waals surface area contributed by atoms with E-state index < -0.39 is 29.1 Å². The summed E-state index contributed by atoms with van der Waals surface area (Å²) in [6.45, 7) is 8.91. The molecule has 1 unspecified atom stereocenters. The first-order valence-corrected chi connectivity index (χ1v) is 15.1. The van der Waals surface area contributed by atoms with Crippen LogP contribution in [0.4, 0.5) is 11.4 Å². The molecule has 0 bridgehead atoms. The summed E-state index contributed by atoms with van der Waals surface area (Å²) in [6, 6.07) is 12.2. The van der Waals surface area contributed by atoms with Crippen molar-refractivity contribution >= 4 is 29.1 Å². The number of fused-ring (bicyclic) bond motifs is 2. The predicted octanol–water partition coefficient (Wildman–Crippen LogP) is 3.56. The van der Waals surface area contributed by atoms with E-state index in [9.17, 15) is 19.5 Å². The van der Waals surface area contributed by atoms with Crippen LogP contribution in [0.3, 0.4) is 0 Å². The van der Waals surface area contributed by atoms with Crippen LogP contribution >= 0.6 is 0 Å². The van der Waals surface area contributed by atoms with Gasteiger partial charge in [0.1, 0.15) is 17.4 Å². The van der Waals surface area contributed by atoms with Gasteiger partial charge in [0, 0.05) is 37.6 Å². The zero-order valence-corrected chi connectivity index (χ0v) is 25.2. The molecule has 2 fully saturated rings. The van der Waals surface area contributed by atoms with Gasteiger partial charge < -0.3 is 29.3 Å². The third kappa shape index (κ3) is 4.48. The number of hydrogen-bond donors (Lipinski definition) is 1. The maximum atomic E-state index is 14.6. The first-order valence-electron chi connectivity index (χ1n) is 15.1. The molecule has 4 aliphatic rings. The Hall–Kier alpha value is -3.95. The molecule has 4 heterocycles. The standard InChI is InChI=1S/C34H39N3O6/c1-5-42-25-14-12-24(13-15-25)35-18-7-16-33(4)26(30(35)39)27-31(40)37(20-9-21-38)29-32(41)36(19-8-17-34(27,29)43-33)28-22(2)10-6-11-23(28)3/h6-8,10-17,26-27,29,38H,5,9,18-21H2,1-4H3/t26-,27+,29?,33+,34+/m1/s1. The lowest BCUT2D eigenvalue weighted by Crippen LogP contribution is -2.56. The van der Waals surface area contributed by atoms with Crippen molar-refractivity contribution in [1.82, 2.24) is 4.90 Å². The Kier molecular flexibility index (Phi) is 7.42. The van der Waals surface area contributed by atoms with Crippen molar-refractivity contribution in [3.05, 3.63) is 77.9 Å². The zero-order valence-electron chi connectivity index (χ0n) is 25.2. The molecule has 9 nitrogen and oxygen atoms in total. The molecule has 4 aliphatic heterocycles. The van der Waals surface area contributed by atoms with Crippen LogP contribution in [-0.2, 0) is 19.1 Å². The maximum absolute atomic E-state index is 14.6. The molecule has 0 radical (unpaired) electrons. The molecule has 5 atom stereocenters. The lowest BCUT2D eigenvalue weighted by molar-refractivity contribution is -0.144. The smallest absolute Gasteiger partial charge is 0.253 e. The number of hydrogen-bond acceptors (Lipinski definition) is 6. The van der Waals surface area contributed by atoms with Gasteiger partial charge in [-0.3, -0.25) is 14.4 Å². The van der Waals surface area contributed by atoms with Crippen molar-refractivity contribution < 1.29 is 29.0 Å². The van der Waals surface area contributed by atoms with E-state index in [4.69, 9.17) is 9.47 Å². The highest BCUT2D eigenvalue weighted by molar-refractivity contribution is 6.08. The number of benzene rings is 2. The van der Waals surface area contributed by atoms with Gasteiger partial charge in [0.25, 0.3) is 5.91 Å². The van der Waals surface area contributed by atoms with Crippen LogP contribution in [0, 0.1) is 25.7 Å². The van der Waals surface area contributed by atoms with Gasteiger partial charge in [0.15, 0.2) is 0 Å². The van der Waals surface area contributed by atoms with Crippen molar-refractivity contribution in [2.24, 2.45) is 11.8 Å². The SMILES string of the molecule is CCOc1ccc(N2CC=C[C@]3(C)O[C@]45C=CCN(c6c(C)cccc6C)C(=O)C4N(CCCO)C(=O)[C@@H]5[C@@H]3C2=O)cc1. The number of aryl methyl sites for hydroxylation is 2. The van der Waals surface area contributed by atoms with E-state index in [0.717, 1.165) is 16.8 Å². The predicted molar refractivity (Wildman–Crippen MR) is 163 cm³/mol. The maximum Gasteiger partial charge on any atom is 0.253 e. The number of carbonyl (C=O) groups excluding carboxylic acids is 3. The molecule has 226 valence electrons. The van der Waals surface area contributed by atoms with E-state index in [1.165, 1.54) is 0 Å². The Labute approximate surface area is 252 Å². The fourth-order valence-electron chi connectivity index (χ4n) is 7.56. The van der Waals surface area contributed by atoms with Gasteiger partial charge >= 0.3 is 0 Å². The molecular formula is C34H39N3O6. The van der Waals surface area contributed by atoms with Crippen LogP contribution in [-0.4, -0.2) is 77.8 Å². The summed E-state index contributed by atoms with van der Waals surface area (Å²) in [6.07, 6.45) is 7.84. The highest BCUT2D eigenvalue weighted by Gasteiger charge is 2.74. The van der Waals surface area contributed by atoms with E-state index >= 15 is 0 Å². The van der Waals surface area contributed by atoms with Crippen LogP contribution in [0.2, 0.25) is 0 Å². The van der Waals surface area contributed by atoms with E-state index in [2.05, 4.69) is 0 Å². The van der Waals surface area contributed by atoms with E-state index in [0.29, 0.717) is 37.6 Å².